The smallest absolute Gasteiger partial charge is 0.239 e. The highest BCUT2D eigenvalue weighted by Gasteiger charge is 2.05. The quantitative estimate of drug-likeness (QED) is 0.893. The third kappa shape index (κ3) is 3.85. The van der Waals surface area contributed by atoms with Gasteiger partial charge in [0, 0.05) is 16.2 Å². The zero-order valence-electron chi connectivity index (χ0n) is 9.80. The predicted octanol–water partition coefficient (Wildman–Crippen LogP) is 2.69. The third-order valence-electron chi connectivity index (χ3n) is 2.08. The van der Waals surface area contributed by atoms with Crippen molar-refractivity contribution in [3.05, 3.63) is 28.2 Å². The Hall–Kier alpha value is -1.03. The Labute approximate surface area is 105 Å². The first kappa shape index (κ1) is 13.0. The van der Waals surface area contributed by atoms with E-state index in [1.807, 2.05) is 39.0 Å². The SMILES string of the molecule is Cc1cccc(NCC(=O)NC(C)C)c1Br. The summed E-state index contributed by atoms with van der Waals surface area (Å²) in [6.07, 6.45) is 0. The average molecular weight is 285 g/mol. The molecular formula is C12H17BrN2O. The van der Waals surface area contributed by atoms with Crippen molar-refractivity contribution < 1.29 is 4.79 Å². The van der Waals surface area contributed by atoms with Crippen molar-refractivity contribution in [1.29, 1.82) is 0 Å². The fraction of sp³-hybridized carbons (Fsp3) is 0.417. The highest BCUT2D eigenvalue weighted by molar-refractivity contribution is 9.10. The lowest BCUT2D eigenvalue weighted by Gasteiger charge is -2.12. The lowest BCUT2D eigenvalue weighted by molar-refractivity contribution is -0.119. The molecule has 0 unspecified atom stereocenters. The topological polar surface area (TPSA) is 41.1 Å². The van der Waals surface area contributed by atoms with Gasteiger partial charge in [-0.3, -0.25) is 4.79 Å². The summed E-state index contributed by atoms with van der Waals surface area (Å²) in [5.74, 6) is 0.00315. The minimum atomic E-state index is 0.00315. The van der Waals surface area contributed by atoms with Gasteiger partial charge in [-0.2, -0.15) is 0 Å². The van der Waals surface area contributed by atoms with Crippen molar-refractivity contribution in [2.24, 2.45) is 0 Å². The Bertz CT molecular complexity index is 377. The first-order valence-electron chi connectivity index (χ1n) is 5.29. The fourth-order valence-corrected chi connectivity index (χ4v) is 1.74. The van der Waals surface area contributed by atoms with E-state index in [1.54, 1.807) is 0 Å². The van der Waals surface area contributed by atoms with Gasteiger partial charge in [0.05, 0.1) is 6.54 Å². The number of halogens is 1. The predicted molar refractivity (Wildman–Crippen MR) is 70.6 cm³/mol. The van der Waals surface area contributed by atoms with Gasteiger partial charge in [0.25, 0.3) is 0 Å². The minimum Gasteiger partial charge on any atom is -0.375 e. The van der Waals surface area contributed by atoms with Crippen LogP contribution in [0, 0.1) is 6.92 Å². The number of benzene rings is 1. The Morgan fingerprint density at radius 2 is 2.12 bits per heavy atom. The molecule has 0 aromatic heterocycles. The van der Waals surface area contributed by atoms with E-state index in [1.165, 1.54) is 0 Å². The number of nitrogens with one attached hydrogen (secondary N) is 2. The molecule has 0 saturated carbocycles. The molecule has 0 bridgehead atoms. The maximum absolute atomic E-state index is 11.4. The van der Waals surface area contributed by atoms with Gasteiger partial charge in [-0.15, -0.1) is 0 Å². The lowest BCUT2D eigenvalue weighted by atomic mass is 10.2. The molecule has 0 atom stereocenters. The van der Waals surface area contributed by atoms with Crippen LogP contribution in [-0.4, -0.2) is 18.5 Å². The summed E-state index contributed by atoms with van der Waals surface area (Å²) < 4.78 is 1.01. The molecule has 0 spiro atoms. The molecule has 3 nitrogen and oxygen atoms in total. The highest BCUT2D eigenvalue weighted by Crippen LogP contribution is 2.25. The fourth-order valence-electron chi connectivity index (χ4n) is 1.33. The number of carbonyl (C=O) groups excluding carboxylic acids is 1. The monoisotopic (exact) mass is 284 g/mol. The molecule has 1 amide bonds. The van der Waals surface area contributed by atoms with Crippen molar-refractivity contribution in [2.45, 2.75) is 26.8 Å². The molecule has 1 aromatic rings. The number of anilines is 1. The van der Waals surface area contributed by atoms with Crippen molar-refractivity contribution in [1.82, 2.24) is 5.32 Å². The van der Waals surface area contributed by atoms with Gasteiger partial charge in [0.15, 0.2) is 0 Å². The lowest BCUT2D eigenvalue weighted by Crippen LogP contribution is -2.34. The van der Waals surface area contributed by atoms with Crippen LogP contribution in [0.2, 0.25) is 0 Å². The summed E-state index contributed by atoms with van der Waals surface area (Å²) in [5, 5.41) is 5.93. The van der Waals surface area contributed by atoms with Crippen LogP contribution in [0.25, 0.3) is 0 Å². The number of hydrogen-bond acceptors (Lipinski definition) is 2. The molecule has 0 aliphatic heterocycles. The molecule has 2 N–H and O–H groups in total. The Morgan fingerprint density at radius 3 is 2.75 bits per heavy atom. The zero-order chi connectivity index (χ0) is 12.1. The Morgan fingerprint density at radius 1 is 1.44 bits per heavy atom. The number of aryl methyl sites for hydroxylation is 1. The first-order valence-corrected chi connectivity index (χ1v) is 6.08. The van der Waals surface area contributed by atoms with Crippen LogP contribution in [0.3, 0.4) is 0 Å². The van der Waals surface area contributed by atoms with Crippen molar-refractivity contribution in [3.8, 4) is 0 Å². The van der Waals surface area contributed by atoms with Gasteiger partial charge in [-0.1, -0.05) is 12.1 Å². The van der Waals surface area contributed by atoms with Crippen molar-refractivity contribution in [3.63, 3.8) is 0 Å². The molecule has 0 aliphatic rings. The molecule has 1 aromatic carbocycles. The van der Waals surface area contributed by atoms with Crippen molar-refractivity contribution in [2.75, 3.05) is 11.9 Å². The molecule has 0 radical (unpaired) electrons. The summed E-state index contributed by atoms with van der Waals surface area (Å²) in [5.41, 5.74) is 2.09. The minimum absolute atomic E-state index is 0.00315. The third-order valence-corrected chi connectivity index (χ3v) is 3.13. The van der Waals surface area contributed by atoms with Gasteiger partial charge >= 0.3 is 0 Å². The molecular weight excluding hydrogens is 268 g/mol. The Balaban J connectivity index is 2.55. The van der Waals surface area contributed by atoms with E-state index >= 15 is 0 Å². The Kier molecular flexibility index (Phi) is 4.80. The van der Waals surface area contributed by atoms with Crippen LogP contribution < -0.4 is 10.6 Å². The van der Waals surface area contributed by atoms with E-state index in [0.717, 1.165) is 15.7 Å². The van der Waals surface area contributed by atoms with Crippen LogP contribution >= 0.6 is 15.9 Å². The molecule has 0 aliphatic carbocycles. The summed E-state index contributed by atoms with van der Waals surface area (Å²) >= 11 is 3.49. The molecule has 1 rings (SSSR count). The van der Waals surface area contributed by atoms with E-state index in [0.29, 0.717) is 6.54 Å². The molecule has 0 heterocycles. The van der Waals surface area contributed by atoms with Crippen molar-refractivity contribution >= 4 is 27.5 Å². The number of amides is 1. The van der Waals surface area contributed by atoms with E-state index in [4.69, 9.17) is 0 Å². The average Bonchev–Trinajstić information content (AvgIpc) is 2.19. The van der Waals surface area contributed by atoms with Gasteiger partial charge in [0.1, 0.15) is 0 Å². The molecule has 0 saturated heterocycles. The zero-order valence-corrected chi connectivity index (χ0v) is 11.4. The van der Waals surface area contributed by atoms with Crippen LogP contribution in [0.15, 0.2) is 22.7 Å². The second kappa shape index (κ2) is 5.89. The number of carbonyl (C=O) groups is 1. The summed E-state index contributed by atoms with van der Waals surface area (Å²) in [6.45, 7) is 6.20. The van der Waals surface area contributed by atoms with Crippen LogP contribution in [-0.2, 0) is 4.79 Å². The van der Waals surface area contributed by atoms with Crippen LogP contribution in [0.1, 0.15) is 19.4 Å². The van der Waals surface area contributed by atoms with Crippen LogP contribution in [0.4, 0.5) is 5.69 Å². The largest absolute Gasteiger partial charge is 0.375 e. The van der Waals surface area contributed by atoms with Crippen LogP contribution in [0.5, 0.6) is 0 Å². The van der Waals surface area contributed by atoms with E-state index in [2.05, 4.69) is 26.6 Å². The summed E-state index contributed by atoms with van der Waals surface area (Å²) in [6, 6.07) is 6.10. The maximum atomic E-state index is 11.4. The molecule has 88 valence electrons. The molecule has 16 heavy (non-hydrogen) atoms. The van der Waals surface area contributed by atoms with E-state index in [-0.39, 0.29) is 11.9 Å². The number of hydrogen-bond donors (Lipinski definition) is 2. The van der Waals surface area contributed by atoms with E-state index in [9.17, 15) is 4.79 Å². The highest BCUT2D eigenvalue weighted by atomic mass is 79.9. The number of rotatable bonds is 4. The second-order valence-electron chi connectivity index (χ2n) is 4.01. The first-order chi connectivity index (χ1) is 7.50. The normalized spacial score (nSPS) is 10.3. The van der Waals surface area contributed by atoms with Gasteiger partial charge in [-0.05, 0) is 48.3 Å². The van der Waals surface area contributed by atoms with Gasteiger partial charge in [0.2, 0.25) is 5.91 Å². The summed E-state index contributed by atoms with van der Waals surface area (Å²) in [4.78, 5) is 11.4. The maximum Gasteiger partial charge on any atom is 0.239 e. The standard InChI is InChI=1S/C12H17BrN2O/c1-8(2)15-11(16)7-14-10-6-4-5-9(3)12(10)13/h4-6,8,14H,7H2,1-3H3,(H,15,16). The molecule has 4 heteroatoms. The van der Waals surface area contributed by atoms with Gasteiger partial charge < -0.3 is 10.6 Å². The second-order valence-corrected chi connectivity index (χ2v) is 4.81. The van der Waals surface area contributed by atoms with E-state index < -0.39 is 0 Å². The molecule has 0 fully saturated rings. The van der Waals surface area contributed by atoms with Gasteiger partial charge in [-0.25, -0.2) is 0 Å². The summed E-state index contributed by atoms with van der Waals surface area (Å²) in [7, 11) is 0.